The lowest BCUT2D eigenvalue weighted by Crippen LogP contribution is -2.34. The molecule has 2 saturated carbocycles. The van der Waals surface area contributed by atoms with Crippen LogP contribution in [0.25, 0.3) is 0 Å². The summed E-state index contributed by atoms with van der Waals surface area (Å²) >= 11 is 4.88. The van der Waals surface area contributed by atoms with Gasteiger partial charge in [0.25, 0.3) is 0 Å². The van der Waals surface area contributed by atoms with Gasteiger partial charge >= 0.3 is 0 Å². The zero-order valence-electron chi connectivity index (χ0n) is 10.9. The van der Waals surface area contributed by atoms with E-state index in [1.807, 2.05) is 6.92 Å². The summed E-state index contributed by atoms with van der Waals surface area (Å²) in [5.41, 5.74) is 0. The Hall–Kier alpha value is 0.0900. The second kappa shape index (κ2) is 5.13. The van der Waals surface area contributed by atoms with Crippen molar-refractivity contribution in [2.75, 3.05) is 13.1 Å². The van der Waals surface area contributed by atoms with Crippen LogP contribution in [-0.2, 0) is 10.0 Å². The Morgan fingerprint density at radius 2 is 1.79 bits per heavy atom. The van der Waals surface area contributed by atoms with Gasteiger partial charge in [0, 0.05) is 18.0 Å². The van der Waals surface area contributed by atoms with Crippen molar-refractivity contribution in [3.05, 3.63) is 14.7 Å². The van der Waals surface area contributed by atoms with Crippen LogP contribution in [0.15, 0.2) is 14.7 Å². The van der Waals surface area contributed by atoms with Crippen LogP contribution in [0.1, 0.15) is 30.6 Å². The maximum atomic E-state index is 12.8. The Labute approximate surface area is 127 Å². The fraction of sp³-hybridized carbons (Fsp3) is 0.692. The molecule has 1 heterocycles. The number of sulfonamides is 1. The highest BCUT2D eigenvalue weighted by Crippen LogP contribution is 2.38. The average Bonchev–Trinajstić information content (AvgIpc) is 3.21. The van der Waals surface area contributed by atoms with Crippen LogP contribution in [0, 0.1) is 18.8 Å². The van der Waals surface area contributed by atoms with Gasteiger partial charge in [-0.05, 0) is 66.4 Å². The molecule has 0 aliphatic heterocycles. The molecule has 0 bridgehead atoms. The van der Waals surface area contributed by atoms with Crippen LogP contribution in [-0.4, -0.2) is 25.8 Å². The van der Waals surface area contributed by atoms with Crippen molar-refractivity contribution < 1.29 is 8.42 Å². The van der Waals surface area contributed by atoms with Gasteiger partial charge in [0.2, 0.25) is 10.0 Å². The van der Waals surface area contributed by atoms with Gasteiger partial charge in [-0.2, -0.15) is 4.31 Å². The molecule has 3 rings (SSSR count). The lowest BCUT2D eigenvalue weighted by Gasteiger charge is -2.21. The van der Waals surface area contributed by atoms with Crippen molar-refractivity contribution in [3.63, 3.8) is 0 Å². The first kappa shape index (κ1) is 14.0. The van der Waals surface area contributed by atoms with Crippen LogP contribution >= 0.6 is 27.3 Å². The van der Waals surface area contributed by atoms with Crippen molar-refractivity contribution in [3.8, 4) is 0 Å². The number of hydrogen-bond acceptors (Lipinski definition) is 3. The van der Waals surface area contributed by atoms with Crippen molar-refractivity contribution >= 4 is 37.3 Å². The minimum absolute atomic E-state index is 0.491. The van der Waals surface area contributed by atoms with Crippen LogP contribution in [0.5, 0.6) is 0 Å². The topological polar surface area (TPSA) is 37.4 Å². The summed E-state index contributed by atoms with van der Waals surface area (Å²) < 4.78 is 28.2. The molecule has 3 nitrogen and oxygen atoms in total. The van der Waals surface area contributed by atoms with E-state index in [4.69, 9.17) is 0 Å². The molecule has 0 unspecified atom stereocenters. The van der Waals surface area contributed by atoms with Gasteiger partial charge in [-0.3, -0.25) is 0 Å². The zero-order chi connectivity index (χ0) is 13.6. The summed E-state index contributed by atoms with van der Waals surface area (Å²) in [6, 6.07) is 1.75. The third kappa shape index (κ3) is 3.23. The van der Waals surface area contributed by atoms with Crippen LogP contribution in [0.4, 0.5) is 0 Å². The van der Waals surface area contributed by atoms with E-state index in [9.17, 15) is 8.42 Å². The summed E-state index contributed by atoms with van der Waals surface area (Å²) in [4.78, 5) is 1.37. The van der Waals surface area contributed by atoms with E-state index in [0.29, 0.717) is 29.8 Å². The summed E-state index contributed by atoms with van der Waals surface area (Å²) in [5, 5.41) is 0. The Balaban J connectivity index is 1.87. The fourth-order valence-electron chi connectivity index (χ4n) is 2.27. The molecule has 2 aliphatic carbocycles. The molecular formula is C13H18BrNO2S2. The minimum atomic E-state index is -3.31. The van der Waals surface area contributed by atoms with Crippen molar-refractivity contribution in [2.45, 2.75) is 37.5 Å². The number of nitrogens with zero attached hydrogens (tertiary/aromatic N) is 1. The van der Waals surface area contributed by atoms with E-state index in [-0.39, 0.29) is 0 Å². The first-order valence-electron chi connectivity index (χ1n) is 6.73. The van der Waals surface area contributed by atoms with E-state index in [2.05, 4.69) is 15.9 Å². The molecular weight excluding hydrogens is 346 g/mol. The molecule has 0 saturated heterocycles. The predicted octanol–water partition coefficient (Wildman–Crippen LogP) is 3.63. The molecule has 6 heteroatoms. The summed E-state index contributed by atoms with van der Waals surface area (Å²) in [6.45, 7) is 3.31. The Morgan fingerprint density at radius 1 is 1.26 bits per heavy atom. The summed E-state index contributed by atoms with van der Waals surface area (Å²) in [6.07, 6.45) is 4.73. The highest BCUT2D eigenvalue weighted by atomic mass is 79.9. The first-order valence-corrected chi connectivity index (χ1v) is 9.78. The molecule has 0 radical (unpaired) electrons. The molecule has 2 fully saturated rings. The Bertz CT molecular complexity index is 559. The summed E-state index contributed by atoms with van der Waals surface area (Å²) in [5.74, 6) is 1.19. The van der Waals surface area contributed by atoms with Crippen LogP contribution < -0.4 is 0 Å². The second-order valence-electron chi connectivity index (χ2n) is 5.68. The third-order valence-corrected chi connectivity index (χ3v) is 7.42. The molecule has 0 amide bonds. The molecule has 1 aromatic heterocycles. The maximum absolute atomic E-state index is 12.8. The number of thiophene rings is 1. The molecule has 0 atom stereocenters. The van der Waals surface area contributed by atoms with E-state index >= 15 is 0 Å². The van der Waals surface area contributed by atoms with Gasteiger partial charge in [0.15, 0.2) is 0 Å². The van der Waals surface area contributed by atoms with Crippen LogP contribution in [0.3, 0.4) is 0 Å². The Morgan fingerprint density at radius 3 is 2.16 bits per heavy atom. The smallest absolute Gasteiger partial charge is 0.207 e. The number of halogens is 1. The lowest BCUT2D eigenvalue weighted by atomic mass is 10.4. The highest BCUT2D eigenvalue weighted by Gasteiger charge is 2.36. The van der Waals surface area contributed by atoms with Gasteiger partial charge in [-0.1, -0.05) is 0 Å². The predicted molar refractivity (Wildman–Crippen MR) is 81.0 cm³/mol. The van der Waals surface area contributed by atoms with Gasteiger partial charge in [0.05, 0.1) is 8.68 Å². The molecule has 0 N–H and O–H groups in total. The Kier molecular flexibility index (Phi) is 3.79. The van der Waals surface area contributed by atoms with E-state index in [1.165, 1.54) is 37.0 Å². The lowest BCUT2D eigenvalue weighted by molar-refractivity contribution is 0.382. The molecule has 0 aromatic carbocycles. The monoisotopic (exact) mass is 363 g/mol. The quantitative estimate of drug-likeness (QED) is 0.773. The fourth-order valence-corrected chi connectivity index (χ4v) is 6.25. The standard InChI is InChI=1S/C13H18BrNO2S2/c1-9-12(6-13(14)18-9)19(16,17)15(7-10-2-3-10)8-11-4-5-11/h6,10-11H,2-5,7-8H2,1H3. The van der Waals surface area contributed by atoms with E-state index < -0.39 is 10.0 Å². The van der Waals surface area contributed by atoms with E-state index in [1.54, 1.807) is 10.4 Å². The van der Waals surface area contributed by atoms with Gasteiger partial charge in [0.1, 0.15) is 0 Å². The maximum Gasteiger partial charge on any atom is 0.244 e. The first-order chi connectivity index (χ1) is 8.96. The third-order valence-electron chi connectivity index (χ3n) is 3.78. The average molecular weight is 364 g/mol. The molecule has 0 spiro atoms. The number of aryl methyl sites for hydroxylation is 1. The van der Waals surface area contributed by atoms with Crippen LogP contribution in [0.2, 0.25) is 0 Å². The largest absolute Gasteiger partial charge is 0.244 e. The molecule has 1 aromatic rings. The molecule has 19 heavy (non-hydrogen) atoms. The van der Waals surface area contributed by atoms with E-state index in [0.717, 1.165) is 8.66 Å². The highest BCUT2D eigenvalue weighted by molar-refractivity contribution is 9.11. The van der Waals surface area contributed by atoms with Crippen molar-refractivity contribution in [1.82, 2.24) is 4.31 Å². The van der Waals surface area contributed by atoms with Gasteiger partial charge in [-0.25, -0.2) is 8.42 Å². The van der Waals surface area contributed by atoms with Crippen molar-refractivity contribution in [1.29, 1.82) is 0 Å². The number of hydrogen-bond donors (Lipinski definition) is 0. The second-order valence-corrected chi connectivity index (χ2v) is 10.2. The zero-order valence-corrected chi connectivity index (χ0v) is 14.2. The molecule has 2 aliphatic rings. The minimum Gasteiger partial charge on any atom is -0.207 e. The number of rotatable bonds is 6. The SMILES string of the molecule is Cc1sc(Br)cc1S(=O)(=O)N(CC1CC1)CC1CC1. The summed E-state index contributed by atoms with van der Waals surface area (Å²) in [7, 11) is -3.31. The normalized spacial score (nSPS) is 20.2. The van der Waals surface area contributed by atoms with Gasteiger partial charge < -0.3 is 0 Å². The van der Waals surface area contributed by atoms with Gasteiger partial charge in [-0.15, -0.1) is 11.3 Å². The van der Waals surface area contributed by atoms with Crippen molar-refractivity contribution in [2.24, 2.45) is 11.8 Å². The molecule has 106 valence electrons.